The van der Waals surface area contributed by atoms with Gasteiger partial charge in [0.25, 0.3) is 0 Å². The molecule has 6 heteroatoms. The van der Waals surface area contributed by atoms with Crippen LogP contribution in [0.2, 0.25) is 0 Å². The van der Waals surface area contributed by atoms with Crippen LogP contribution in [0.5, 0.6) is 0 Å². The molecular formula is C11H15N3O3. The Hall–Kier alpha value is -1.85. The van der Waals surface area contributed by atoms with Gasteiger partial charge in [-0.25, -0.2) is 0 Å². The molecule has 1 amide bonds. The summed E-state index contributed by atoms with van der Waals surface area (Å²) < 4.78 is 1.55. The summed E-state index contributed by atoms with van der Waals surface area (Å²) in [5.74, 6) is -1.10. The monoisotopic (exact) mass is 237 g/mol. The predicted octanol–water partition coefficient (Wildman–Crippen LogP) is 1.00. The zero-order chi connectivity index (χ0) is 12.5. The summed E-state index contributed by atoms with van der Waals surface area (Å²) in [5, 5.41) is 15.8. The van der Waals surface area contributed by atoms with Crippen LogP contribution in [0, 0.1) is 5.41 Å². The Labute approximate surface area is 98.6 Å². The Morgan fingerprint density at radius 1 is 1.47 bits per heavy atom. The fraction of sp³-hybridized carbons (Fsp3) is 0.545. The molecule has 1 heterocycles. The Balaban J connectivity index is 2.15. The van der Waals surface area contributed by atoms with E-state index in [1.54, 1.807) is 24.0 Å². The molecule has 1 aromatic heterocycles. The van der Waals surface area contributed by atoms with Crippen molar-refractivity contribution in [2.24, 2.45) is 12.5 Å². The van der Waals surface area contributed by atoms with Gasteiger partial charge in [0, 0.05) is 19.3 Å². The van der Waals surface area contributed by atoms with E-state index in [4.69, 9.17) is 0 Å². The van der Waals surface area contributed by atoms with E-state index in [1.807, 2.05) is 0 Å². The first kappa shape index (κ1) is 11.6. The highest BCUT2D eigenvalue weighted by molar-refractivity contribution is 6.08. The van der Waals surface area contributed by atoms with E-state index in [0.717, 1.165) is 12.8 Å². The quantitative estimate of drug-likeness (QED) is 0.768. The minimum Gasteiger partial charge on any atom is -0.480 e. The zero-order valence-electron chi connectivity index (χ0n) is 9.64. The fourth-order valence-corrected chi connectivity index (χ4v) is 2.23. The number of carbonyl (C=O) groups excluding carboxylic acids is 1. The predicted molar refractivity (Wildman–Crippen MR) is 60.4 cm³/mol. The van der Waals surface area contributed by atoms with Gasteiger partial charge in [0.15, 0.2) is 5.82 Å². The Morgan fingerprint density at radius 2 is 2.12 bits per heavy atom. The molecule has 0 aromatic carbocycles. The molecule has 0 unspecified atom stereocenters. The first-order valence-corrected chi connectivity index (χ1v) is 5.59. The molecule has 17 heavy (non-hydrogen) atoms. The van der Waals surface area contributed by atoms with Gasteiger partial charge in [-0.2, -0.15) is 5.10 Å². The van der Waals surface area contributed by atoms with E-state index in [-0.39, 0.29) is 0 Å². The number of aliphatic carboxylic acids is 1. The second kappa shape index (κ2) is 4.20. The molecule has 1 aliphatic rings. The van der Waals surface area contributed by atoms with Crippen molar-refractivity contribution in [2.45, 2.75) is 25.7 Å². The van der Waals surface area contributed by atoms with E-state index in [9.17, 15) is 14.7 Å². The molecule has 92 valence electrons. The number of carboxylic acids is 1. The number of aromatic nitrogens is 2. The number of nitrogens with zero attached hydrogens (tertiary/aromatic N) is 2. The van der Waals surface area contributed by atoms with Crippen LogP contribution in [-0.4, -0.2) is 26.8 Å². The Morgan fingerprint density at radius 3 is 2.59 bits per heavy atom. The molecule has 0 atom stereocenters. The normalized spacial score (nSPS) is 17.9. The van der Waals surface area contributed by atoms with Gasteiger partial charge in [-0.1, -0.05) is 12.8 Å². The molecule has 0 radical (unpaired) electrons. The molecule has 1 aliphatic carbocycles. The van der Waals surface area contributed by atoms with E-state index in [0.29, 0.717) is 18.7 Å². The third kappa shape index (κ3) is 2.02. The minimum absolute atomic E-state index is 0.394. The zero-order valence-corrected chi connectivity index (χ0v) is 9.64. The summed E-state index contributed by atoms with van der Waals surface area (Å²) in [7, 11) is 1.73. The molecule has 1 saturated carbocycles. The summed E-state index contributed by atoms with van der Waals surface area (Å²) in [4.78, 5) is 23.3. The number of nitrogens with one attached hydrogen (secondary N) is 1. The second-order valence-electron chi connectivity index (χ2n) is 4.42. The van der Waals surface area contributed by atoms with Crippen LogP contribution >= 0.6 is 0 Å². The molecule has 1 aromatic rings. The van der Waals surface area contributed by atoms with Crippen molar-refractivity contribution in [3.05, 3.63) is 12.3 Å². The highest BCUT2D eigenvalue weighted by Crippen LogP contribution is 2.39. The number of rotatable bonds is 3. The molecule has 0 bridgehead atoms. The smallest absolute Gasteiger partial charge is 0.319 e. The molecule has 0 aliphatic heterocycles. The topological polar surface area (TPSA) is 84.2 Å². The summed E-state index contributed by atoms with van der Waals surface area (Å²) in [6.07, 6.45) is 4.06. The molecule has 0 spiro atoms. The van der Waals surface area contributed by atoms with E-state index in [1.165, 1.54) is 0 Å². The molecule has 6 nitrogen and oxygen atoms in total. The largest absolute Gasteiger partial charge is 0.480 e. The SMILES string of the molecule is Cn1ccc(NC(=O)C2(C(=O)O)CCCC2)n1. The van der Waals surface area contributed by atoms with Gasteiger partial charge in [-0.3, -0.25) is 14.3 Å². The Bertz CT molecular complexity index is 447. The molecular weight excluding hydrogens is 222 g/mol. The number of carboxylic acid groups (broad SMARTS) is 1. The van der Waals surface area contributed by atoms with Crippen molar-refractivity contribution in [3.63, 3.8) is 0 Å². The third-order valence-electron chi connectivity index (χ3n) is 3.26. The molecule has 2 N–H and O–H groups in total. The number of carbonyl (C=O) groups is 2. The summed E-state index contributed by atoms with van der Waals surface area (Å²) in [6.45, 7) is 0. The van der Waals surface area contributed by atoms with E-state index < -0.39 is 17.3 Å². The van der Waals surface area contributed by atoms with Crippen molar-refractivity contribution in [2.75, 3.05) is 5.32 Å². The van der Waals surface area contributed by atoms with Crippen LogP contribution in [-0.2, 0) is 16.6 Å². The van der Waals surface area contributed by atoms with Crippen molar-refractivity contribution in [1.82, 2.24) is 9.78 Å². The van der Waals surface area contributed by atoms with Crippen LogP contribution in [0.1, 0.15) is 25.7 Å². The molecule has 2 rings (SSSR count). The van der Waals surface area contributed by atoms with Gasteiger partial charge in [-0.05, 0) is 12.8 Å². The Kier molecular flexibility index (Phi) is 2.87. The maximum atomic E-state index is 12.0. The number of amides is 1. The van der Waals surface area contributed by atoms with Gasteiger partial charge < -0.3 is 10.4 Å². The summed E-state index contributed by atoms with van der Waals surface area (Å²) in [6, 6.07) is 1.64. The minimum atomic E-state index is -1.27. The van der Waals surface area contributed by atoms with E-state index >= 15 is 0 Å². The standard InChI is InChI=1S/C11H15N3O3/c1-14-7-4-8(13-14)12-9(15)11(10(16)17)5-2-3-6-11/h4,7H,2-3,5-6H2,1H3,(H,16,17)(H,12,13,15). The number of anilines is 1. The first-order valence-electron chi connectivity index (χ1n) is 5.59. The maximum Gasteiger partial charge on any atom is 0.319 e. The van der Waals surface area contributed by atoms with Crippen molar-refractivity contribution >= 4 is 17.7 Å². The van der Waals surface area contributed by atoms with Crippen LogP contribution in [0.25, 0.3) is 0 Å². The van der Waals surface area contributed by atoms with Crippen molar-refractivity contribution in [1.29, 1.82) is 0 Å². The van der Waals surface area contributed by atoms with Gasteiger partial charge in [0.1, 0.15) is 5.41 Å². The van der Waals surface area contributed by atoms with Gasteiger partial charge in [-0.15, -0.1) is 0 Å². The second-order valence-corrected chi connectivity index (χ2v) is 4.42. The number of aryl methyl sites for hydroxylation is 1. The van der Waals surface area contributed by atoms with E-state index in [2.05, 4.69) is 10.4 Å². The summed E-state index contributed by atoms with van der Waals surface area (Å²) in [5.41, 5.74) is -1.27. The number of hydrogen-bond donors (Lipinski definition) is 2. The average Bonchev–Trinajstić information content (AvgIpc) is 2.87. The maximum absolute atomic E-state index is 12.0. The van der Waals surface area contributed by atoms with Gasteiger partial charge in [0.2, 0.25) is 5.91 Å². The van der Waals surface area contributed by atoms with Gasteiger partial charge in [0.05, 0.1) is 0 Å². The van der Waals surface area contributed by atoms with Crippen LogP contribution in [0.4, 0.5) is 5.82 Å². The van der Waals surface area contributed by atoms with Gasteiger partial charge >= 0.3 is 5.97 Å². The van der Waals surface area contributed by atoms with Crippen molar-refractivity contribution in [3.8, 4) is 0 Å². The molecule has 1 fully saturated rings. The lowest BCUT2D eigenvalue weighted by Gasteiger charge is -2.21. The van der Waals surface area contributed by atoms with Crippen molar-refractivity contribution < 1.29 is 14.7 Å². The van der Waals surface area contributed by atoms with Crippen LogP contribution in [0.3, 0.4) is 0 Å². The molecule has 0 saturated heterocycles. The van der Waals surface area contributed by atoms with Crippen LogP contribution < -0.4 is 5.32 Å². The number of hydrogen-bond acceptors (Lipinski definition) is 3. The highest BCUT2D eigenvalue weighted by atomic mass is 16.4. The van der Waals surface area contributed by atoms with Crippen LogP contribution in [0.15, 0.2) is 12.3 Å². The first-order chi connectivity index (χ1) is 8.04. The summed E-state index contributed by atoms with van der Waals surface area (Å²) >= 11 is 0. The highest BCUT2D eigenvalue weighted by Gasteiger charge is 2.48. The fourth-order valence-electron chi connectivity index (χ4n) is 2.23. The lowest BCUT2D eigenvalue weighted by molar-refractivity contribution is -0.153. The third-order valence-corrected chi connectivity index (χ3v) is 3.26. The lowest BCUT2D eigenvalue weighted by Crippen LogP contribution is -2.40. The lowest BCUT2D eigenvalue weighted by atomic mass is 9.85. The average molecular weight is 237 g/mol.